The number of benzene rings is 2. The van der Waals surface area contributed by atoms with E-state index >= 15 is 0 Å². The lowest BCUT2D eigenvalue weighted by atomic mass is 10.0. The normalized spacial score (nSPS) is 11.2. The van der Waals surface area contributed by atoms with Gasteiger partial charge in [0, 0.05) is 13.2 Å². The molecular formula is C22H23F2N3O2. The maximum Gasteiger partial charge on any atom is 0.282 e. The van der Waals surface area contributed by atoms with Gasteiger partial charge in [0.15, 0.2) is 5.75 Å². The molecule has 0 bridgehead atoms. The van der Waals surface area contributed by atoms with Crippen LogP contribution in [-0.4, -0.2) is 15.7 Å². The van der Waals surface area contributed by atoms with Crippen LogP contribution in [0.2, 0.25) is 0 Å². The lowest BCUT2D eigenvalue weighted by Crippen LogP contribution is -2.14. The quantitative estimate of drug-likeness (QED) is 0.567. The zero-order chi connectivity index (χ0) is 21.1. The summed E-state index contributed by atoms with van der Waals surface area (Å²) in [5, 5.41) is 6.35. The van der Waals surface area contributed by atoms with E-state index in [0.717, 1.165) is 11.1 Å². The number of hydrogen-bond donors (Lipinski definition) is 1. The summed E-state index contributed by atoms with van der Waals surface area (Å²) < 4.78 is 33.7. The van der Waals surface area contributed by atoms with Crippen molar-refractivity contribution in [2.24, 2.45) is 7.05 Å². The van der Waals surface area contributed by atoms with Gasteiger partial charge in [-0.15, -0.1) is 0 Å². The van der Waals surface area contributed by atoms with Gasteiger partial charge in [-0.2, -0.15) is 5.10 Å². The van der Waals surface area contributed by atoms with Crippen LogP contribution >= 0.6 is 0 Å². The first-order valence-electron chi connectivity index (χ1n) is 9.26. The van der Waals surface area contributed by atoms with Gasteiger partial charge in [0.25, 0.3) is 12.3 Å². The number of hydrogen-bond acceptors (Lipinski definition) is 3. The molecule has 3 rings (SSSR count). The summed E-state index contributed by atoms with van der Waals surface area (Å²) in [6.07, 6.45) is -1.57. The standard InChI is InChI=1S/C22H23F2N3O2/c1-13(2)15-10-9-14(3)11-19(15)29-18-8-6-5-7-17(18)25-22(28)16-12-27(4)26-20(16)21(23)24/h5-13,21H,1-4H3,(H,25,28). The molecular weight excluding hydrogens is 376 g/mol. The summed E-state index contributed by atoms with van der Waals surface area (Å²) in [4.78, 5) is 12.6. The Morgan fingerprint density at radius 2 is 1.86 bits per heavy atom. The maximum absolute atomic E-state index is 13.2. The Morgan fingerprint density at radius 3 is 2.55 bits per heavy atom. The summed E-state index contributed by atoms with van der Waals surface area (Å²) in [6.45, 7) is 6.11. The number of nitrogens with one attached hydrogen (secondary N) is 1. The molecule has 152 valence electrons. The van der Waals surface area contributed by atoms with Crippen molar-refractivity contribution >= 4 is 11.6 Å². The topological polar surface area (TPSA) is 56.1 Å². The summed E-state index contributed by atoms with van der Waals surface area (Å²) in [6, 6.07) is 12.9. The molecule has 3 aromatic rings. The van der Waals surface area contributed by atoms with Crippen LogP contribution in [0.5, 0.6) is 11.5 Å². The van der Waals surface area contributed by atoms with Crippen molar-refractivity contribution in [3.8, 4) is 11.5 Å². The summed E-state index contributed by atoms with van der Waals surface area (Å²) >= 11 is 0. The average molecular weight is 399 g/mol. The fourth-order valence-corrected chi connectivity index (χ4v) is 3.02. The van der Waals surface area contributed by atoms with Gasteiger partial charge >= 0.3 is 0 Å². The summed E-state index contributed by atoms with van der Waals surface area (Å²) in [5.41, 5.74) is 1.74. The van der Waals surface area contributed by atoms with Gasteiger partial charge in [0.05, 0.1) is 11.3 Å². The molecule has 29 heavy (non-hydrogen) atoms. The molecule has 1 heterocycles. The van der Waals surface area contributed by atoms with Crippen LogP contribution in [0, 0.1) is 6.92 Å². The van der Waals surface area contributed by atoms with E-state index in [1.165, 1.54) is 17.9 Å². The molecule has 1 amide bonds. The number of rotatable bonds is 6. The van der Waals surface area contributed by atoms with Gasteiger partial charge in [-0.3, -0.25) is 9.48 Å². The summed E-state index contributed by atoms with van der Waals surface area (Å²) in [7, 11) is 1.49. The molecule has 0 aliphatic carbocycles. The third kappa shape index (κ3) is 4.62. The van der Waals surface area contributed by atoms with E-state index in [2.05, 4.69) is 24.3 Å². The molecule has 0 atom stereocenters. The number of carbonyl (C=O) groups excluding carboxylic acids is 1. The first-order valence-corrected chi connectivity index (χ1v) is 9.26. The molecule has 0 saturated carbocycles. The second kappa shape index (κ2) is 8.43. The molecule has 7 heteroatoms. The van der Waals surface area contributed by atoms with E-state index in [1.807, 2.05) is 25.1 Å². The number of anilines is 1. The third-order valence-corrected chi connectivity index (χ3v) is 4.45. The van der Waals surface area contributed by atoms with Crippen molar-refractivity contribution in [1.82, 2.24) is 9.78 Å². The van der Waals surface area contributed by atoms with Crippen LogP contribution in [0.3, 0.4) is 0 Å². The molecule has 0 aliphatic heterocycles. The number of aryl methyl sites for hydroxylation is 2. The number of ether oxygens (including phenoxy) is 1. The van der Waals surface area contributed by atoms with Gasteiger partial charge in [-0.25, -0.2) is 8.78 Å². The van der Waals surface area contributed by atoms with Crippen molar-refractivity contribution in [2.45, 2.75) is 33.1 Å². The SMILES string of the molecule is Cc1ccc(C(C)C)c(Oc2ccccc2NC(=O)c2cn(C)nc2C(F)F)c1. The van der Waals surface area contributed by atoms with Crippen molar-refractivity contribution < 1.29 is 18.3 Å². The highest BCUT2D eigenvalue weighted by molar-refractivity contribution is 6.05. The van der Waals surface area contributed by atoms with Crippen molar-refractivity contribution in [3.05, 3.63) is 71.0 Å². The van der Waals surface area contributed by atoms with Gasteiger partial charge < -0.3 is 10.1 Å². The van der Waals surface area contributed by atoms with Gasteiger partial charge in [0.1, 0.15) is 11.4 Å². The largest absolute Gasteiger partial charge is 0.455 e. The molecule has 2 aromatic carbocycles. The van der Waals surface area contributed by atoms with E-state index in [9.17, 15) is 13.6 Å². The minimum absolute atomic E-state index is 0.171. The van der Waals surface area contributed by atoms with Gasteiger partial charge in [-0.1, -0.05) is 38.1 Å². The minimum atomic E-state index is -2.84. The molecule has 0 saturated heterocycles. The van der Waals surface area contributed by atoms with E-state index in [-0.39, 0.29) is 11.5 Å². The van der Waals surface area contributed by atoms with E-state index < -0.39 is 18.0 Å². The molecule has 0 spiro atoms. The minimum Gasteiger partial charge on any atom is -0.455 e. The molecule has 1 N–H and O–H groups in total. The van der Waals surface area contributed by atoms with Gasteiger partial charge in [0.2, 0.25) is 0 Å². The predicted octanol–water partition coefficient (Wildman–Crippen LogP) is 5.83. The Kier molecular flexibility index (Phi) is 5.96. The lowest BCUT2D eigenvalue weighted by molar-refractivity contribution is 0.101. The molecule has 0 radical (unpaired) electrons. The zero-order valence-corrected chi connectivity index (χ0v) is 16.7. The third-order valence-electron chi connectivity index (χ3n) is 4.45. The number of halogens is 2. The van der Waals surface area contributed by atoms with Crippen LogP contribution in [0.25, 0.3) is 0 Å². The molecule has 0 unspecified atom stereocenters. The highest BCUT2D eigenvalue weighted by atomic mass is 19.3. The summed E-state index contributed by atoms with van der Waals surface area (Å²) in [5.74, 6) is 0.696. The second-order valence-electron chi connectivity index (χ2n) is 7.15. The number of alkyl halides is 2. The Labute approximate surface area is 168 Å². The number of aromatic nitrogens is 2. The van der Waals surface area contributed by atoms with Crippen LogP contribution in [0.15, 0.2) is 48.7 Å². The van der Waals surface area contributed by atoms with Crippen molar-refractivity contribution in [2.75, 3.05) is 5.32 Å². The van der Waals surface area contributed by atoms with E-state index in [0.29, 0.717) is 17.2 Å². The molecule has 5 nitrogen and oxygen atoms in total. The lowest BCUT2D eigenvalue weighted by Gasteiger charge is -2.17. The van der Waals surface area contributed by atoms with Crippen molar-refractivity contribution in [1.29, 1.82) is 0 Å². The fraction of sp³-hybridized carbons (Fsp3) is 0.273. The van der Waals surface area contributed by atoms with E-state index in [1.54, 1.807) is 24.3 Å². The first-order chi connectivity index (χ1) is 13.8. The predicted molar refractivity (Wildman–Crippen MR) is 108 cm³/mol. The fourth-order valence-electron chi connectivity index (χ4n) is 3.02. The Bertz CT molecular complexity index is 1030. The van der Waals surface area contributed by atoms with Crippen LogP contribution in [0.1, 0.15) is 53.4 Å². The maximum atomic E-state index is 13.2. The molecule has 1 aromatic heterocycles. The molecule has 0 aliphatic rings. The Balaban J connectivity index is 1.91. The number of para-hydroxylation sites is 2. The van der Waals surface area contributed by atoms with Crippen LogP contribution < -0.4 is 10.1 Å². The second-order valence-corrected chi connectivity index (χ2v) is 7.15. The van der Waals surface area contributed by atoms with Crippen LogP contribution in [0.4, 0.5) is 14.5 Å². The van der Waals surface area contributed by atoms with Crippen LogP contribution in [-0.2, 0) is 7.05 Å². The number of carbonyl (C=O) groups is 1. The highest BCUT2D eigenvalue weighted by Crippen LogP contribution is 2.35. The molecule has 0 fully saturated rings. The zero-order valence-electron chi connectivity index (χ0n) is 16.7. The Morgan fingerprint density at radius 1 is 1.14 bits per heavy atom. The number of nitrogens with zero attached hydrogens (tertiary/aromatic N) is 2. The average Bonchev–Trinajstić information content (AvgIpc) is 3.05. The first kappa shape index (κ1) is 20.5. The van der Waals surface area contributed by atoms with Gasteiger partial charge in [-0.05, 0) is 42.2 Å². The Hall–Kier alpha value is -3.22. The van der Waals surface area contributed by atoms with E-state index in [4.69, 9.17) is 4.74 Å². The highest BCUT2D eigenvalue weighted by Gasteiger charge is 2.23. The smallest absolute Gasteiger partial charge is 0.282 e. The monoisotopic (exact) mass is 399 g/mol. The number of amides is 1. The van der Waals surface area contributed by atoms with Crippen molar-refractivity contribution in [3.63, 3.8) is 0 Å².